The van der Waals surface area contributed by atoms with Crippen molar-refractivity contribution in [1.29, 1.82) is 0 Å². The highest BCUT2D eigenvalue weighted by Crippen LogP contribution is 2.35. The van der Waals surface area contributed by atoms with Gasteiger partial charge in [0.2, 0.25) is 0 Å². The molecule has 1 aliphatic rings. The molecule has 1 heterocycles. The fourth-order valence-corrected chi connectivity index (χ4v) is 3.10. The molecular weight excluding hydrogens is 404 g/mol. The first-order valence-corrected chi connectivity index (χ1v) is 8.02. The van der Waals surface area contributed by atoms with E-state index in [1.165, 1.54) is 12.1 Å². The predicted octanol–water partition coefficient (Wildman–Crippen LogP) is 4.13. The maximum atomic E-state index is 12.3. The second kappa shape index (κ2) is 10.0. The average Bonchev–Trinajstić information content (AvgIpc) is 2.58. The Balaban J connectivity index is 0.00000182. The van der Waals surface area contributed by atoms with E-state index in [1.807, 2.05) is 12.1 Å². The van der Waals surface area contributed by atoms with E-state index in [2.05, 4.69) is 15.0 Å². The summed E-state index contributed by atoms with van der Waals surface area (Å²) in [7, 11) is 0. The van der Waals surface area contributed by atoms with Crippen molar-refractivity contribution in [3.05, 3.63) is 59.7 Å². The Kier molecular flexibility index (Phi) is 8.68. The molecule has 1 fully saturated rings. The molecule has 9 heteroatoms. The quantitative estimate of drug-likeness (QED) is 0.774. The van der Waals surface area contributed by atoms with Gasteiger partial charge in [-0.1, -0.05) is 30.3 Å². The van der Waals surface area contributed by atoms with E-state index < -0.39 is 6.36 Å². The van der Waals surface area contributed by atoms with Gasteiger partial charge in [0.25, 0.3) is 0 Å². The highest BCUT2D eigenvalue weighted by molar-refractivity contribution is 5.85. The number of rotatable bonds is 4. The van der Waals surface area contributed by atoms with Crippen LogP contribution in [-0.4, -0.2) is 42.5 Å². The third kappa shape index (κ3) is 6.17. The number of aromatic hydroxyl groups is 1. The van der Waals surface area contributed by atoms with Gasteiger partial charge in [0, 0.05) is 31.7 Å². The maximum Gasteiger partial charge on any atom is 0.573 e. The number of hydrogen-bond acceptors (Lipinski definition) is 4. The lowest BCUT2D eigenvalue weighted by Crippen LogP contribution is -2.45. The van der Waals surface area contributed by atoms with Crippen molar-refractivity contribution in [2.24, 2.45) is 0 Å². The molecule has 0 radical (unpaired) electrons. The van der Waals surface area contributed by atoms with Crippen molar-refractivity contribution in [3.63, 3.8) is 0 Å². The van der Waals surface area contributed by atoms with Crippen LogP contribution in [0.5, 0.6) is 11.5 Å². The highest BCUT2D eigenvalue weighted by Gasteiger charge is 2.31. The molecule has 1 atom stereocenters. The fraction of sp³-hybridized carbons (Fsp3) is 0.333. The van der Waals surface area contributed by atoms with Gasteiger partial charge in [0.1, 0.15) is 11.5 Å². The van der Waals surface area contributed by atoms with Crippen LogP contribution in [0.3, 0.4) is 0 Å². The number of ether oxygens (including phenoxy) is 1. The van der Waals surface area contributed by atoms with Gasteiger partial charge in [-0.3, -0.25) is 4.90 Å². The standard InChI is InChI=1S/C18H19F3N2O2.2ClH/c19-18(20,21)25-14-7-5-13(6-8-14)17(23-11-9-22-10-12-23)15-3-1-2-4-16(15)24;;/h1-8,17,22,24H,9-12H2;2*1H/t17-;;/m0../s1. The van der Waals surface area contributed by atoms with Crippen molar-refractivity contribution >= 4 is 24.8 Å². The van der Waals surface area contributed by atoms with Crippen LogP contribution in [0.15, 0.2) is 48.5 Å². The van der Waals surface area contributed by atoms with E-state index in [0.717, 1.165) is 37.3 Å². The zero-order valence-electron chi connectivity index (χ0n) is 14.3. The van der Waals surface area contributed by atoms with Gasteiger partial charge >= 0.3 is 6.36 Å². The normalized spacial score (nSPS) is 16.0. The monoisotopic (exact) mass is 424 g/mol. The Labute approximate surface area is 168 Å². The number of alkyl halides is 3. The Hall–Kier alpha value is -1.67. The number of nitrogens with one attached hydrogen (secondary N) is 1. The summed E-state index contributed by atoms with van der Waals surface area (Å²) < 4.78 is 41.0. The van der Waals surface area contributed by atoms with Gasteiger partial charge < -0.3 is 15.2 Å². The van der Waals surface area contributed by atoms with Crippen molar-refractivity contribution in [1.82, 2.24) is 10.2 Å². The third-order valence-electron chi connectivity index (χ3n) is 4.18. The van der Waals surface area contributed by atoms with Crippen LogP contribution in [0.2, 0.25) is 0 Å². The van der Waals surface area contributed by atoms with Crippen LogP contribution in [0.4, 0.5) is 13.2 Å². The predicted molar refractivity (Wildman–Crippen MR) is 102 cm³/mol. The third-order valence-corrected chi connectivity index (χ3v) is 4.18. The van der Waals surface area contributed by atoms with Gasteiger partial charge in [-0.05, 0) is 23.8 Å². The number of phenolic OH excluding ortho intramolecular Hbond substituents is 1. The van der Waals surface area contributed by atoms with E-state index in [0.29, 0.717) is 0 Å². The molecule has 2 aromatic carbocycles. The summed E-state index contributed by atoms with van der Waals surface area (Å²) in [6, 6.07) is 12.6. The molecule has 0 bridgehead atoms. The smallest absolute Gasteiger partial charge is 0.508 e. The maximum absolute atomic E-state index is 12.3. The molecule has 0 aliphatic carbocycles. The molecule has 2 aromatic rings. The molecule has 1 aliphatic heterocycles. The number of halogens is 5. The molecule has 2 N–H and O–H groups in total. The molecule has 27 heavy (non-hydrogen) atoms. The second-order valence-electron chi connectivity index (χ2n) is 5.86. The molecule has 0 amide bonds. The van der Waals surface area contributed by atoms with Crippen molar-refractivity contribution < 1.29 is 23.0 Å². The van der Waals surface area contributed by atoms with Crippen LogP contribution in [-0.2, 0) is 0 Å². The molecular formula is C18H21Cl2F3N2O2. The van der Waals surface area contributed by atoms with Crippen molar-refractivity contribution in [2.75, 3.05) is 26.2 Å². The minimum atomic E-state index is -4.71. The summed E-state index contributed by atoms with van der Waals surface area (Å²) in [5.41, 5.74) is 1.53. The average molecular weight is 425 g/mol. The SMILES string of the molecule is Cl.Cl.Oc1ccccc1[C@H](c1ccc(OC(F)(F)F)cc1)N1CCNCC1. The van der Waals surface area contributed by atoms with E-state index in [1.54, 1.807) is 24.3 Å². The Bertz CT molecular complexity index is 708. The number of hydrogen-bond donors (Lipinski definition) is 2. The molecule has 0 saturated carbocycles. The molecule has 0 aromatic heterocycles. The lowest BCUT2D eigenvalue weighted by atomic mass is 9.95. The largest absolute Gasteiger partial charge is 0.573 e. The van der Waals surface area contributed by atoms with E-state index in [4.69, 9.17) is 0 Å². The Morgan fingerprint density at radius 1 is 0.963 bits per heavy atom. The Morgan fingerprint density at radius 2 is 1.56 bits per heavy atom. The zero-order chi connectivity index (χ0) is 17.9. The van der Waals surface area contributed by atoms with E-state index >= 15 is 0 Å². The zero-order valence-corrected chi connectivity index (χ0v) is 15.9. The number of nitrogens with zero attached hydrogens (tertiary/aromatic N) is 1. The number of phenols is 1. The Morgan fingerprint density at radius 3 is 2.11 bits per heavy atom. The molecule has 1 saturated heterocycles. The van der Waals surface area contributed by atoms with Gasteiger partial charge in [-0.15, -0.1) is 38.0 Å². The lowest BCUT2D eigenvalue weighted by Gasteiger charge is -2.35. The molecule has 3 rings (SSSR count). The van der Waals surface area contributed by atoms with Crippen LogP contribution < -0.4 is 10.1 Å². The minimum absolute atomic E-state index is 0. The minimum Gasteiger partial charge on any atom is -0.508 e. The van der Waals surface area contributed by atoms with E-state index in [9.17, 15) is 18.3 Å². The number of para-hydroxylation sites is 1. The second-order valence-corrected chi connectivity index (χ2v) is 5.86. The summed E-state index contributed by atoms with van der Waals surface area (Å²) in [6.45, 7) is 3.19. The van der Waals surface area contributed by atoms with Crippen LogP contribution in [0.25, 0.3) is 0 Å². The summed E-state index contributed by atoms with van der Waals surface area (Å²) in [4.78, 5) is 2.20. The molecule has 150 valence electrons. The summed E-state index contributed by atoms with van der Waals surface area (Å²) in [5, 5.41) is 13.5. The van der Waals surface area contributed by atoms with Crippen LogP contribution in [0.1, 0.15) is 17.2 Å². The van der Waals surface area contributed by atoms with Crippen LogP contribution in [0, 0.1) is 0 Å². The first-order valence-electron chi connectivity index (χ1n) is 8.02. The molecule has 0 spiro atoms. The topological polar surface area (TPSA) is 44.7 Å². The van der Waals surface area contributed by atoms with Gasteiger partial charge in [0.15, 0.2) is 0 Å². The first kappa shape index (κ1) is 23.4. The first-order chi connectivity index (χ1) is 11.9. The summed E-state index contributed by atoms with van der Waals surface area (Å²) in [6.07, 6.45) is -4.71. The van der Waals surface area contributed by atoms with Crippen molar-refractivity contribution in [2.45, 2.75) is 12.4 Å². The molecule has 4 nitrogen and oxygen atoms in total. The van der Waals surface area contributed by atoms with Gasteiger partial charge in [0.05, 0.1) is 6.04 Å². The fourth-order valence-electron chi connectivity index (χ4n) is 3.10. The summed E-state index contributed by atoms with van der Waals surface area (Å²) >= 11 is 0. The lowest BCUT2D eigenvalue weighted by molar-refractivity contribution is -0.274. The van der Waals surface area contributed by atoms with Gasteiger partial charge in [-0.25, -0.2) is 0 Å². The highest BCUT2D eigenvalue weighted by atomic mass is 35.5. The van der Waals surface area contributed by atoms with E-state index in [-0.39, 0.29) is 42.4 Å². The summed E-state index contributed by atoms with van der Waals surface area (Å²) in [5.74, 6) is -0.0887. The number of benzene rings is 2. The van der Waals surface area contributed by atoms with Gasteiger partial charge in [-0.2, -0.15) is 0 Å². The van der Waals surface area contributed by atoms with Crippen molar-refractivity contribution in [3.8, 4) is 11.5 Å². The number of piperazine rings is 1. The molecule has 0 unspecified atom stereocenters. The van der Waals surface area contributed by atoms with Crippen LogP contribution >= 0.6 is 24.8 Å².